The van der Waals surface area contributed by atoms with E-state index in [1.165, 1.54) is 0 Å². The average Bonchev–Trinajstić information content (AvgIpc) is 2.96. The molecule has 0 aliphatic carbocycles. The van der Waals surface area contributed by atoms with Crippen LogP contribution in [0.1, 0.15) is 41.8 Å². The molecule has 0 radical (unpaired) electrons. The molecule has 5 nitrogen and oxygen atoms in total. The summed E-state index contributed by atoms with van der Waals surface area (Å²) in [7, 11) is 1.85. The Bertz CT molecular complexity index is 1280. The summed E-state index contributed by atoms with van der Waals surface area (Å²) in [6.45, 7) is 5.99. The molecule has 3 aromatic rings. The number of para-hydroxylation sites is 1. The van der Waals surface area contributed by atoms with Crippen molar-refractivity contribution < 1.29 is 9.59 Å². The molecular weight excluding hydrogens is 482 g/mol. The maximum absolute atomic E-state index is 13.9. The van der Waals surface area contributed by atoms with Gasteiger partial charge in [0.2, 0.25) is 5.91 Å². The van der Waals surface area contributed by atoms with Crippen molar-refractivity contribution in [2.45, 2.75) is 45.8 Å². The van der Waals surface area contributed by atoms with E-state index in [4.69, 9.17) is 0 Å². The number of rotatable bonds is 12. The second-order valence-corrected chi connectivity index (χ2v) is 9.43. The molecule has 5 heteroatoms. The molecule has 0 aliphatic heterocycles. The van der Waals surface area contributed by atoms with E-state index in [2.05, 4.69) is 5.32 Å². The average molecular weight is 522 g/mol. The molecule has 0 saturated heterocycles. The van der Waals surface area contributed by atoms with Crippen molar-refractivity contribution in [1.82, 2.24) is 10.2 Å². The first kappa shape index (κ1) is 29.3. The molecular formula is C34H39N3O2. The summed E-state index contributed by atoms with van der Waals surface area (Å²) in [4.78, 5) is 31.0. The first-order valence-electron chi connectivity index (χ1n) is 13.4. The highest BCUT2D eigenvalue weighted by Gasteiger charge is 2.30. The van der Waals surface area contributed by atoms with Crippen LogP contribution in [0.3, 0.4) is 0 Å². The van der Waals surface area contributed by atoms with Gasteiger partial charge in [-0.25, -0.2) is 0 Å². The number of carbonyl (C=O) groups is 2. The zero-order valence-corrected chi connectivity index (χ0v) is 23.3. The van der Waals surface area contributed by atoms with Crippen molar-refractivity contribution in [2.24, 2.45) is 0 Å². The number of nitrogens with zero attached hydrogens (tertiary/aromatic N) is 2. The normalized spacial score (nSPS) is 13.1. The SMILES string of the molecule is C\C=C/C=C\C=C\N(C(=O)Cc1ccccc1)C(C)CC(NC)N(C(=O)c1ccccc1)c1ccccc1C. The van der Waals surface area contributed by atoms with Gasteiger partial charge in [-0.05, 0) is 63.2 Å². The van der Waals surface area contributed by atoms with Crippen LogP contribution in [0.4, 0.5) is 5.69 Å². The van der Waals surface area contributed by atoms with Crippen LogP contribution in [0.5, 0.6) is 0 Å². The van der Waals surface area contributed by atoms with Crippen molar-refractivity contribution in [3.05, 3.63) is 138 Å². The van der Waals surface area contributed by atoms with E-state index in [9.17, 15) is 9.59 Å². The fourth-order valence-electron chi connectivity index (χ4n) is 4.48. The lowest BCUT2D eigenvalue weighted by atomic mass is 10.1. The Labute approximate surface area is 233 Å². The monoisotopic (exact) mass is 521 g/mol. The van der Waals surface area contributed by atoms with Crippen molar-refractivity contribution >= 4 is 17.5 Å². The van der Waals surface area contributed by atoms with Crippen molar-refractivity contribution in [3.8, 4) is 0 Å². The molecule has 0 spiro atoms. The fraction of sp³-hybridized carbons (Fsp3) is 0.235. The van der Waals surface area contributed by atoms with Gasteiger partial charge in [0.05, 0.1) is 12.6 Å². The zero-order valence-electron chi connectivity index (χ0n) is 23.3. The molecule has 0 heterocycles. The van der Waals surface area contributed by atoms with E-state index in [0.29, 0.717) is 18.4 Å². The minimum Gasteiger partial charge on any atom is -0.316 e. The third-order valence-corrected chi connectivity index (χ3v) is 6.56. The number of nitrogens with one attached hydrogen (secondary N) is 1. The van der Waals surface area contributed by atoms with E-state index in [1.807, 2.05) is 154 Å². The Morgan fingerprint density at radius 1 is 0.846 bits per heavy atom. The van der Waals surface area contributed by atoms with Gasteiger partial charge in [-0.2, -0.15) is 0 Å². The zero-order chi connectivity index (χ0) is 28.0. The number of allylic oxidation sites excluding steroid dienone is 5. The van der Waals surface area contributed by atoms with Crippen LogP contribution in [0.25, 0.3) is 0 Å². The van der Waals surface area contributed by atoms with Gasteiger partial charge < -0.3 is 4.90 Å². The second kappa shape index (κ2) is 15.3. The Hall–Kier alpha value is -4.22. The van der Waals surface area contributed by atoms with E-state index in [-0.39, 0.29) is 24.0 Å². The lowest BCUT2D eigenvalue weighted by Gasteiger charge is -2.36. The highest BCUT2D eigenvalue weighted by atomic mass is 16.2. The van der Waals surface area contributed by atoms with Gasteiger partial charge in [0.15, 0.2) is 0 Å². The molecule has 0 saturated carbocycles. The molecule has 0 aliphatic rings. The summed E-state index contributed by atoms with van der Waals surface area (Å²) in [5.74, 6) is -0.0977. The molecule has 3 rings (SSSR count). The fourth-order valence-corrected chi connectivity index (χ4v) is 4.48. The molecule has 0 aromatic heterocycles. The van der Waals surface area contributed by atoms with Gasteiger partial charge in [0.25, 0.3) is 5.91 Å². The van der Waals surface area contributed by atoms with Crippen LogP contribution < -0.4 is 10.2 Å². The number of carbonyl (C=O) groups excluding carboxylic acids is 2. The number of aryl methyl sites for hydroxylation is 1. The van der Waals surface area contributed by atoms with Crippen LogP contribution in [0.2, 0.25) is 0 Å². The van der Waals surface area contributed by atoms with E-state index < -0.39 is 0 Å². The predicted octanol–water partition coefficient (Wildman–Crippen LogP) is 6.68. The van der Waals surface area contributed by atoms with Crippen molar-refractivity contribution in [1.29, 1.82) is 0 Å². The Morgan fingerprint density at radius 2 is 1.46 bits per heavy atom. The first-order valence-corrected chi connectivity index (χ1v) is 13.4. The summed E-state index contributed by atoms with van der Waals surface area (Å²) >= 11 is 0. The molecule has 0 fully saturated rings. The lowest BCUT2D eigenvalue weighted by molar-refractivity contribution is -0.129. The number of hydrogen-bond acceptors (Lipinski definition) is 3. The number of hydrogen-bond donors (Lipinski definition) is 1. The maximum Gasteiger partial charge on any atom is 0.259 e. The van der Waals surface area contributed by atoms with Crippen LogP contribution in [-0.2, 0) is 11.2 Å². The van der Waals surface area contributed by atoms with Gasteiger partial charge in [0, 0.05) is 29.9 Å². The predicted molar refractivity (Wildman–Crippen MR) is 161 cm³/mol. The van der Waals surface area contributed by atoms with Crippen LogP contribution in [-0.4, -0.2) is 36.0 Å². The summed E-state index contributed by atoms with van der Waals surface area (Å²) in [6, 6.07) is 26.8. The highest BCUT2D eigenvalue weighted by molar-refractivity contribution is 6.06. The van der Waals surface area contributed by atoms with Crippen LogP contribution in [0, 0.1) is 6.92 Å². The molecule has 0 bridgehead atoms. The van der Waals surface area contributed by atoms with E-state index in [1.54, 1.807) is 4.90 Å². The smallest absolute Gasteiger partial charge is 0.259 e. The van der Waals surface area contributed by atoms with Crippen molar-refractivity contribution in [3.63, 3.8) is 0 Å². The quantitative estimate of drug-likeness (QED) is 0.214. The molecule has 2 unspecified atom stereocenters. The molecule has 2 atom stereocenters. The standard InChI is InChI=1S/C34H39N3O2/c1-5-6-7-8-17-24-36(33(38)26-29-19-11-9-12-20-29)28(3)25-32(35-4)37(31-23-16-15-18-27(31)2)34(39)30-21-13-10-14-22-30/h5-24,28,32,35H,25-26H2,1-4H3/b6-5-,8-7-,24-17+. The molecule has 39 heavy (non-hydrogen) atoms. The topological polar surface area (TPSA) is 52.7 Å². The third kappa shape index (κ3) is 8.39. The van der Waals surface area contributed by atoms with Crippen LogP contribution in [0.15, 0.2) is 122 Å². The van der Waals surface area contributed by atoms with Crippen molar-refractivity contribution in [2.75, 3.05) is 11.9 Å². The van der Waals surface area contributed by atoms with Gasteiger partial charge >= 0.3 is 0 Å². The van der Waals surface area contributed by atoms with E-state index >= 15 is 0 Å². The third-order valence-electron chi connectivity index (χ3n) is 6.56. The van der Waals surface area contributed by atoms with Crippen LogP contribution >= 0.6 is 0 Å². The Morgan fingerprint density at radius 3 is 2.10 bits per heavy atom. The summed E-state index contributed by atoms with van der Waals surface area (Å²) in [6.07, 6.45) is 11.9. The van der Waals surface area contributed by atoms with Gasteiger partial charge in [0.1, 0.15) is 0 Å². The van der Waals surface area contributed by atoms with Gasteiger partial charge in [-0.3, -0.25) is 19.8 Å². The van der Waals surface area contributed by atoms with Gasteiger partial charge in [-0.15, -0.1) is 0 Å². The number of anilines is 1. The highest BCUT2D eigenvalue weighted by Crippen LogP contribution is 2.26. The minimum atomic E-state index is -0.354. The summed E-state index contributed by atoms with van der Waals surface area (Å²) < 4.78 is 0. The molecule has 2 amide bonds. The van der Waals surface area contributed by atoms with E-state index in [0.717, 1.165) is 16.8 Å². The second-order valence-electron chi connectivity index (χ2n) is 9.43. The Kier molecular flexibility index (Phi) is 11.5. The van der Waals surface area contributed by atoms with Gasteiger partial charge in [-0.1, -0.05) is 91.0 Å². The number of benzene rings is 3. The molecule has 202 valence electrons. The lowest BCUT2D eigenvalue weighted by Crippen LogP contribution is -2.51. The maximum atomic E-state index is 13.9. The minimum absolute atomic E-state index is 0.00364. The number of amides is 2. The largest absolute Gasteiger partial charge is 0.316 e. The molecule has 1 N–H and O–H groups in total. The summed E-state index contributed by atoms with van der Waals surface area (Å²) in [5.41, 5.74) is 3.41. The first-order chi connectivity index (χ1) is 19.0. The Balaban J connectivity index is 1.93. The summed E-state index contributed by atoms with van der Waals surface area (Å²) in [5, 5.41) is 3.36. The molecule has 3 aromatic carbocycles.